The van der Waals surface area contributed by atoms with Crippen LogP contribution >= 0.6 is 0 Å². The largest absolute Gasteiger partial charge is 0.616 e. The molecule has 178 valence electrons. The smallest absolute Gasteiger partial charge is 0.158 e. The van der Waals surface area contributed by atoms with Crippen molar-refractivity contribution in [1.82, 2.24) is 29.3 Å². The van der Waals surface area contributed by atoms with E-state index in [2.05, 4.69) is 31.5 Å². The van der Waals surface area contributed by atoms with Crippen LogP contribution in [0.3, 0.4) is 0 Å². The molecule has 0 unspecified atom stereocenters. The van der Waals surface area contributed by atoms with Crippen molar-refractivity contribution in [1.29, 1.82) is 0 Å². The Morgan fingerprint density at radius 2 is 1.91 bits per heavy atom. The Morgan fingerprint density at radius 1 is 1.03 bits per heavy atom. The number of halogens is 1. The molecule has 6 rings (SSSR count). The Kier molecular flexibility index (Phi) is 5.85. The molecular formula is C25H24FN7OS. The van der Waals surface area contributed by atoms with E-state index in [1.54, 1.807) is 12.4 Å². The average molecular weight is 490 g/mol. The van der Waals surface area contributed by atoms with Crippen molar-refractivity contribution in [2.45, 2.75) is 13.1 Å². The van der Waals surface area contributed by atoms with E-state index >= 15 is 0 Å². The zero-order valence-electron chi connectivity index (χ0n) is 19.0. The Hall–Kier alpha value is -3.47. The predicted octanol–water partition coefficient (Wildman–Crippen LogP) is 3.57. The quantitative estimate of drug-likeness (QED) is 0.367. The molecular weight excluding hydrogens is 465 g/mol. The molecule has 0 amide bonds. The first-order chi connectivity index (χ1) is 17.1. The highest BCUT2D eigenvalue weighted by molar-refractivity contribution is 7.91. The summed E-state index contributed by atoms with van der Waals surface area (Å²) < 4.78 is 29.0. The Balaban J connectivity index is 1.25. The van der Waals surface area contributed by atoms with Gasteiger partial charge in [-0.15, -0.1) is 0 Å². The molecule has 8 nitrogen and oxygen atoms in total. The number of rotatable bonds is 6. The maximum Gasteiger partial charge on any atom is 0.158 e. The number of anilines is 2. The molecule has 1 N–H and O–H groups in total. The number of aromatic nitrogens is 5. The molecule has 1 saturated heterocycles. The van der Waals surface area contributed by atoms with Crippen molar-refractivity contribution in [2.75, 3.05) is 29.9 Å². The molecule has 0 radical (unpaired) electrons. The van der Waals surface area contributed by atoms with Gasteiger partial charge in [0.25, 0.3) is 0 Å². The summed E-state index contributed by atoms with van der Waals surface area (Å²) in [6.07, 6.45) is 5.30. The molecule has 1 aliphatic heterocycles. The fraction of sp³-hybridized carbons (Fsp3) is 0.240. The second-order valence-corrected chi connectivity index (χ2v) is 10.4. The number of nitrogens with zero attached hydrogens (tertiary/aromatic N) is 6. The van der Waals surface area contributed by atoms with Gasteiger partial charge in [0.1, 0.15) is 29.2 Å². The van der Waals surface area contributed by atoms with E-state index in [9.17, 15) is 8.94 Å². The van der Waals surface area contributed by atoms with Gasteiger partial charge in [-0.1, -0.05) is 23.3 Å². The minimum absolute atomic E-state index is 0.248. The van der Waals surface area contributed by atoms with Crippen molar-refractivity contribution >= 4 is 39.1 Å². The van der Waals surface area contributed by atoms with Gasteiger partial charge in [-0.25, -0.2) is 13.9 Å². The second kappa shape index (κ2) is 9.29. The maximum atomic E-state index is 13.6. The number of fused-ring (bicyclic) bond motifs is 2. The molecule has 5 aromatic rings. The lowest BCUT2D eigenvalue weighted by Gasteiger charge is -2.27. The zero-order chi connectivity index (χ0) is 23.8. The van der Waals surface area contributed by atoms with E-state index in [4.69, 9.17) is 0 Å². The molecule has 3 aromatic heterocycles. The van der Waals surface area contributed by atoms with Crippen LogP contribution in [-0.4, -0.2) is 58.4 Å². The van der Waals surface area contributed by atoms with Gasteiger partial charge in [-0.3, -0.25) is 9.58 Å². The van der Waals surface area contributed by atoms with Crippen molar-refractivity contribution in [3.05, 3.63) is 84.2 Å². The number of hydrogen-bond acceptors (Lipinski definition) is 6. The standard InChI is InChI=1S/C25H24FN7OS/c26-21-3-1-2-18(12-21)15-33-23-5-4-22(13-20(23)14-28-33)30-25-24-19(6-7-32(24)29-17-27-25)16-31-8-10-35(34)11-9-31/h1-7,12-14,17H,8-11,15-16H2,(H,27,29,30). The van der Waals surface area contributed by atoms with Crippen molar-refractivity contribution in [3.8, 4) is 0 Å². The molecule has 0 saturated carbocycles. The maximum absolute atomic E-state index is 13.6. The van der Waals surface area contributed by atoms with Crippen LogP contribution in [0.2, 0.25) is 0 Å². The molecule has 4 heterocycles. The van der Waals surface area contributed by atoms with E-state index in [1.165, 1.54) is 12.1 Å². The summed E-state index contributed by atoms with van der Waals surface area (Å²) in [5.41, 5.74) is 4.79. The monoisotopic (exact) mass is 489 g/mol. The molecule has 0 atom stereocenters. The SMILES string of the molecule is [O-][S+]1CCN(Cc2ccn3ncnc(Nc4ccc5c(cnn5Cc5cccc(F)c5)c4)c23)CC1. The third-order valence-corrected chi connectivity index (χ3v) is 7.60. The fourth-order valence-electron chi connectivity index (χ4n) is 4.55. The lowest BCUT2D eigenvalue weighted by atomic mass is 10.2. The van der Waals surface area contributed by atoms with Crippen LogP contribution in [0.1, 0.15) is 11.1 Å². The number of hydrogen-bond donors (Lipinski definition) is 1. The van der Waals surface area contributed by atoms with E-state index in [-0.39, 0.29) is 5.82 Å². The minimum atomic E-state index is -0.698. The van der Waals surface area contributed by atoms with Gasteiger partial charge < -0.3 is 9.87 Å². The second-order valence-electron chi connectivity index (χ2n) is 8.70. The van der Waals surface area contributed by atoms with Crippen LogP contribution in [0.4, 0.5) is 15.9 Å². The van der Waals surface area contributed by atoms with Crippen molar-refractivity contribution < 1.29 is 8.94 Å². The van der Waals surface area contributed by atoms with Crippen LogP contribution in [0, 0.1) is 5.82 Å². The molecule has 0 aliphatic carbocycles. The molecule has 0 bridgehead atoms. The number of benzene rings is 2. The summed E-state index contributed by atoms with van der Waals surface area (Å²) in [5.74, 6) is 1.93. The molecule has 2 aromatic carbocycles. The first-order valence-corrected chi connectivity index (χ1v) is 13.0. The van der Waals surface area contributed by atoms with Crippen molar-refractivity contribution in [3.63, 3.8) is 0 Å². The lowest BCUT2D eigenvalue weighted by molar-refractivity contribution is 0.288. The Bertz CT molecular complexity index is 1490. The minimum Gasteiger partial charge on any atom is -0.616 e. The summed E-state index contributed by atoms with van der Waals surface area (Å²) in [7, 11) is 0. The summed E-state index contributed by atoms with van der Waals surface area (Å²) in [6.45, 7) is 2.92. The molecule has 10 heteroatoms. The summed E-state index contributed by atoms with van der Waals surface area (Å²) in [5, 5.41) is 13.3. The highest BCUT2D eigenvalue weighted by atomic mass is 32.2. The van der Waals surface area contributed by atoms with E-state index in [1.807, 2.05) is 45.9 Å². The predicted molar refractivity (Wildman–Crippen MR) is 135 cm³/mol. The van der Waals surface area contributed by atoms with Crippen LogP contribution in [0.15, 0.2) is 67.3 Å². The zero-order valence-corrected chi connectivity index (χ0v) is 19.8. The van der Waals surface area contributed by atoms with Crippen LogP contribution in [-0.2, 0) is 24.3 Å². The highest BCUT2D eigenvalue weighted by Gasteiger charge is 2.21. The first kappa shape index (κ1) is 22.0. The summed E-state index contributed by atoms with van der Waals surface area (Å²) >= 11 is -0.698. The van der Waals surface area contributed by atoms with Gasteiger partial charge >= 0.3 is 0 Å². The van der Waals surface area contributed by atoms with Gasteiger partial charge in [0.2, 0.25) is 0 Å². The van der Waals surface area contributed by atoms with Crippen LogP contribution < -0.4 is 5.32 Å². The van der Waals surface area contributed by atoms with Crippen LogP contribution in [0.25, 0.3) is 16.4 Å². The topological polar surface area (TPSA) is 86.3 Å². The molecule has 35 heavy (non-hydrogen) atoms. The summed E-state index contributed by atoms with van der Waals surface area (Å²) in [6, 6.07) is 14.7. The van der Waals surface area contributed by atoms with Gasteiger partial charge in [-0.2, -0.15) is 10.2 Å². The third kappa shape index (κ3) is 4.60. The van der Waals surface area contributed by atoms with Crippen molar-refractivity contribution in [2.24, 2.45) is 0 Å². The van der Waals surface area contributed by atoms with Gasteiger partial charge in [0.15, 0.2) is 5.82 Å². The van der Waals surface area contributed by atoms with Crippen LogP contribution in [0.5, 0.6) is 0 Å². The normalized spacial score (nSPS) is 15.3. The molecule has 1 aliphatic rings. The Labute approximate surface area is 204 Å². The van der Waals surface area contributed by atoms with Gasteiger partial charge in [0.05, 0.1) is 18.3 Å². The fourth-order valence-corrected chi connectivity index (χ4v) is 5.68. The van der Waals surface area contributed by atoms with E-state index in [0.717, 1.165) is 70.2 Å². The highest BCUT2D eigenvalue weighted by Crippen LogP contribution is 2.27. The van der Waals surface area contributed by atoms with E-state index < -0.39 is 11.2 Å². The number of nitrogens with one attached hydrogen (secondary N) is 1. The summed E-state index contributed by atoms with van der Waals surface area (Å²) in [4.78, 5) is 6.85. The average Bonchev–Trinajstić information content (AvgIpc) is 3.45. The van der Waals surface area contributed by atoms with Gasteiger partial charge in [0, 0.05) is 36.9 Å². The first-order valence-electron chi connectivity index (χ1n) is 11.5. The van der Waals surface area contributed by atoms with Gasteiger partial charge in [-0.05, 0) is 47.5 Å². The molecule has 1 fully saturated rings. The molecule has 0 spiro atoms. The third-order valence-electron chi connectivity index (χ3n) is 6.33. The van der Waals surface area contributed by atoms with E-state index in [0.29, 0.717) is 6.54 Å². The lowest BCUT2D eigenvalue weighted by Crippen LogP contribution is -2.39. The Morgan fingerprint density at radius 3 is 2.77 bits per heavy atom.